The summed E-state index contributed by atoms with van der Waals surface area (Å²) in [5, 5.41) is 8.40. The summed E-state index contributed by atoms with van der Waals surface area (Å²) in [6, 6.07) is 3.02. The maximum atomic E-state index is 11.5. The molecule has 0 aliphatic heterocycles. The van der Waals surface area contributed by atoms with Crippen molar-refractivity contribution in [1.29, 1.82) is 0 Å². The molecule has 1 N–H and O–H groups in total. The molecule has 2 aromatic rings. The van der Waals surface area contributed by atoms with Crippen molar-refractivity contribution in [3.05, 3.63) is 34.9 Å². The number of sulfone groups is 1. The van der Waals surface area contributed by atoms with Gasteiger partial charge < -0.3 is 14.6 Å². The van der Waals surface area contributed by atoms with Crippen molar-refractivity contribution >= 4 is 21.8 Å². The molecule has 0 fully saturated rings. The van der Waals surface area contributed by atoms with Gasteiger partial charge in [0.05, 0.1) is 13.2 Å². The maximum Gasteiger partial charge on any atom is 0.357 e. The topological polar surface area (TPSA) is 159 Å². The average molecular weight is 455 g/mol. The zero-order chi connectivity index (χ0) is 23.6. The van der Waals surface area contributed by atoms with Crippen LogP contribution in [0.15, 0.2) is 17.3 Å². The Bertz CT molecular complexity index is 1030. The number of hydrogen-bond donors (Lipinski definition) is 1. The van der Waals surface area contributed by atoms with E-state index in [0.29, 0.717) is 30.8 Å². The van der Waals surface area contributed by atoms with Gasteiger partial charge in [-0.05, 0) is 38.8 Å². The van der Waals surface area contributed by atoms with E-state index in [0.717, 1.165) is 6.26 Å². The summed E-state index contributed by atoms with van der Waals surface area (Å²) in [4.78, 5) is 37.5. The van der Waals surface area contributed by atoms with Gasteiger partial charge in [-0.15, -0.1) is 0 Å². The number of hydrogen-bond acceptors (Lipinski definition) is 10. The van der Waals surface area contributed by atoms with Crippen molar-refractivity contribution in [3.8, 4) is 6.01 Å². The van der Waals surface area contributed by atoms with E-state index in [1.54, 1.807) is 13.8 Å². The molecule has 0 amide bonds. The Morgan fingerprint density at radius 2 is 1.48 bits per heavy atom. The second-order valence-electron chi connectivity index (χ2n) is 5.99. The number of aryl methyl sites for hydroxylation is 2. The molecule has 2 heterocycles. The van der Waals surface area contributed by atoms with Crippen molar-refractivity contribution < 1.29 is 32.6 Å². The highest BCUT2D eigenvalue weighted by Crippen LogP contribution is 2.09. The zero-order valence-corrected chi connectivity index (χ0v) is 18.9. The summed E-state index contributed by atoms with van der Waals surface area (Å²) in [5.74, 6) is -1.71. The number of rotatable bonds is 8. The first-order chi connectivity index (χ1) is 14.5. The number of carbonyl (C=O) groups is 2. The maximum absolute atomic E-state index is 11.5. The lowest BCUT2D eigenvalue weighted by molar-refractivity contribution is 0.0517. The highest BCUT2D eigenvalue weighted by Gasteiger charge is 2.17. The lowest BCUT2D eigenvalue weighted by Crippen LogP contribution is -2.13. The van der Waals surface area contributed by atoms with E-state index >= 15 is 0 Å². The highest BCUT2D eigenvalue weighted by atomic mass is 32.2. The predicted molar refractivity (Wildman–Crippen MR) is 110 cm³/mol. The quantitative estimate of drug-likeness (QED) is 0.457. The minimum absolute atomic E-state index is 0.0275. The van der Waals surface area contributed by atoms with Gasteiger partial charge in [-0.1, -0.05) is 13.8 Å². The molecule has 11 nitrogen and oxygen atoms in total. The first-order valence-corrected chi connectivity index (χ1v) is 11.4. The SMILES string of the molecule is CCOC(=O)c1cc(CC)nc(S(C)(=O)=O)n1.CCOc1nc(CC)cc(C(=O)O)n1. The van der Waals surface area contributed by atoms with Gasteiger partial charge in [0, 0.05) is 17.6 Å². The number of carbonyl (C=O) groups excluding carboxylic acids is 1. The van der Waals surface area contributed by atoms with Crippen molar-refractivity contribution in [3.63, 3.8) is 0 Å². The molecule has 0 saturated carbocycles. The summed E-state index contributed by atoms with van der Waals surface area (Å²) < 4.78 is 32.5. The van der Waals surface area contributed by atoms with E-state index in [1.165, 1.54) is 12.1 Å². The third-order valence-electron chi connectivity index (χ3n) is 3.55. The summed E-state index contributed by atoms with van der Waals surface area (Å²) in [6.07, 6.45) is 2.16. The van der Waals surface area contributed by atoms with Crippen LogP contribution in [0.4, 0.5) is 0 Å². The van der Waals surface area contributed by atoms with E-state index in [1.807, 2.05) is 13.8 Å². The lowest BCUT2D eigenvalue weighted by atomic mass is 10.3. The molecule has 31 heavy (non-hydrogen) atoms. The van der Waals surface area contributed by atoms with Gasteiger partial charge in [0.25, 0.3) is 0 Å². The normalized spacial score (nSPS) is 10.6. The molecule has 0 radical (unpaired) electrons. The van der Waals surface area contributed by atoms with E-state index in [2.05, 4.69) is 19.9 Å². The number of carboxylic acids is 1. The third-order valence-corrected chi connectivity index (χ3v) is 4.40. The Labute approximate surface area is 180 Å². The molecule has 12 heteroatoms. The molecule has 0 bridgehead atoms. The molecule has 0 spiro atoms. The Hall–Kier alpha value is -3.15. The Kier molecular flexibility index (Phi) is 9.93. The van der Waals surface area contributed by atoms with Crippen molar-refractivity contribution in [1.82, 2.24) is 19.9 Å². The van der Waals surface area contributed by atoms with Crippen LogP contribution in [0.1, 0.15) is 60.1 Å². The molecule has 170 valence electrons. The Balaban J connectivity index is 0.000000316. The van der Waals surface area contributed by atoms with Crippen molar-refractivity contribution in [2.24, 2.45) is 0 Å². The van der Waals surface area contributed by atoms with Crippen LogP contribution in [0.25, 0.3) is 0 Å². The van der Waals surface area contributed by atoms with Gasteiger partial charge >= 0.3 is 17.9 Å². The molecule has 0 aromatic carbocycles. The van der Waals surface area contributed by atoms with Crippen LogP contribution < -0.4 is 4.74 Å². The molecular formula is C19H26N4O7S. The minimum atomic E-state index is -3.54. The molecule has 0 aliphatic rings. The van der Waals surface area contributed by atoms with Crippen molar-refractivity contribution in [2.45, 2.75) is 45.7 Å². The monoisotopic (exact) mass is 454 g/mol. The second kappa shape index (κ2) is 11.9. The number of esters is 1. The third kappa shape index (κ3) is 8.24. The van der Waals surface area contributed by atoms with Gasteiger partial charge in [-0.2, -0.15) is 4.98 Å². The molecular weight excluding hydrogens is 428 g/mol. The summed E-state index contributed by atoms with van der Waals surface area (Å²) >= 11 is 0. The van der Waals surface area contributed by atoms with E-state index in [9.17, 15) is 18.0 Å². The zero-order valence-electron chi connectivity index (χ0n) is 18.1. The fourth-order valence-corrected chi connectivity index (χ4v) is 2.63. The Morgan fingerprint density at radius 3 is 1.97 bits per heavy atom. The molecule has 0 unspecified atom stereocenters. The summed E-state index contributed by atoms with van der Waals surface area (Å²) in [7, 11) is -3.54. The van der Waals surface area contributed by atoms with Gasteiger partial charge in [-0.25, -0.2) is 33.0 Å². The van der Waals surface area contributed by atoms with Gasteiger partial charge in [0.1, 0.15) is 0 Å². The first-order valence-electron chi connectivity index (χ1n) is 9.54. The van der Waals surface area contributed by atoms with Crippen LogP contribution in [0, 0.1) is 0 Å². The predicted octanol–water partition coefficient (Wildman–Crippen LogP) is 1.76. The van der Waals surface area contributed by atoms with Gasteiger partial charge in [0.15, 0.2) is 11.4 Å². The largest absolute Gasteiger partial charge is 0.477 e. The van der Waals surface area contributed by atoms with E-state index in [-0.39, 0.29) is 29.2 Å². The minimum Gasteiger partial charge on any atom is -0.477 e. The van der Waals surface area contributed by atoms with Gasteiger partial charge in [-0.3, -0.25) is 0 Å². The smallest absolute Gasteiger partial charge is 0.357 e. The number of aromatic carboxylic acids is 1. The summed E-state index contributed by atoms with van der Waals surface area (Å²) in [6.45, 7) is 7.79. The molecule has 0 saturated heterocycles. The number of ether oxygens (including phenoxy) is 2. The number of carboxylic acid groups (broad SMARTS) is 1. The number of aromatic nitrogens is 4. The van der Waals surface area contributed by atoms with Crippen LogP contribution in [-0.2, 0) is 27.4 Å². The van der Waals surface area contributed by atoms with E-state index < -0.39 is 21.8 Å². The fourth-order valence-electron chi connectivity index (χ4n) is 2.09. The molecule has 2 aromatic heterocycles. The van der Waals surface area contributed by atoms with E-state index in [4.69, 9.17) is 14.6 Å². The lowest BCUT2D eigenvalue weighted by Gasteiger charge is -2.05. The van der Waals surface area contributed by atoms with Crippen molar-refractivity contribution in [2.75, 3.05) is 19.5 Å². The van der Waals surface area contributed by atoms with Crippen LogP contribution in [0.2, 0.25) is 0 Å². The van der Waals surface area contributed by atoms with Crippen LogP contribution in [0.5, 0.6) is 6.01 Å². The average Bonchev–Trinajstić information content (AvgIpc) is 2.73. The van der Waals surface area contributed by atoms with Crippen LogP contribution in [-0.4, -0.2) is 64.9 Å². The Morgan fingerprint density at radius 1 is 0.903 bits per heavy atom. The fraction of sp³-hybridized carbons (Fsp3) is 0.474. The van der Waals surface area contributed by atoms with Gasteiger partial charge in [0.2, 0.25) is 15.0 Å². The molecule has 2 rings (SSSR count). The molecule has 0 aliphatic carbocycles. The first kappa shape index (κ1) is 25.9. The van der Waals surface area contributed by atoms with Crippen LogP contribution in [0.3, 0.4) is 0 Å². The standard InChI is InChI=1S/C10H14N2O4S.C9H12N2O3/c1-4-7-6-8(9(13)16-5-2)12-10(11-7)17(3,14)15;1-3-6-5-7(8(12)13)11-9(10-6)14-4-2/h6H,4-5H2,1-3H3;5H,3-4H2,1-2H3,(H,12,13). The molecule has 0 atom stereocenters. The van der Waals surface area contributed by atoms with Crippen LogP contribution >= 0.6 is 0 Å². The highest BCUT2D eigenvalue weighted by molar-refractivity contribution is 7.90. The summed E-state index contributed by atoms with van der Waals surface area (Å²) in [5.41, 5.74) is 1.10. The second-order valence-corrected chi connectivity index (χ2v) is 7.90. The number of nitrogens with zero attached hydrogens (tertiary/aromatic N) is 4.